The van der Waals surface area contributed by atoms with Crippen molar-refractivity contribution in [3.05, 3.63) is 12.3 Å². The van der Waals surface area contributed by atoms with Gasteiger partial charge in [-0.3, -0.25) is 4.90 Å². The summed E-state index contributed by atoms with van der Waals surface area (Å²) in [6.07, 6.45) is 0.623. The summed E-state index contributed by atoms with van der Waals surface area (Å²) in [5.74, 6) is 0. The van der Waals surface area contributed by atoms with E-state index in [1.807, 2.05) is 20.8 Å². The van der Waals surface area contributed by atoms with Gasteiger partial charge in [0.15, 0.2) is 0 Å². The Bertz CT molecular complexity index is 215. The van der Waals surface area contributed by atoms with E-state index in [9.17, 15) is 4.79 Å². The van der Waals surface area contributed by atoms with Gasteiger partial charge in [0.25, 0.3) is 0 Å². The molecule has 1 amide bonds. The van der Waals surface area contributed by atoms with E-state index in [4.69, 9.17) is 4.74 Å². The third-order valence-electron chi connectivity index (χ3n) is 1.62. The van der Waals surface area contributed by atoms with E-state index in [0.29, 0.717) is 0 Å². The molecule has 0 saturated carbocycles. The van der Waals surface area contributed by atoms with Gasteiger partial charge in [0.2, 0.25) is 0 Å². The highest BCUT2D eigenvalue weighted by Crippen LogP contribution is 2.22. The molecular weight excluding hydrogens is 154 g/mol. The number of amides is 1. The molecule has 0 aliphatic carbocycles. The predicted octanol–water partition coefficient (Wildman–Crippen LogP) is 2.14. The second-order valence-electron chi connectivity index (χ2n) is 3.95. The molecule has 0 aromatic rings. The second kappa shape index (κ2) is 2.81. The maximum atomic E-state index is 11.3. The number of hydrogen-bond donors (Lipinski definition) is 0. The highest BCUT2D eigenvalue weighted by molar-refractivity contribution is 5.71. The molecule has 0 aromatic heterocycles. The van der Waals surface area contributed by atoms with E-state index in [1.54, 1.807) is 4.90 Å². The van der Waals surface area contributed by atoms with Gasteiger partial charge >= 0.3 is 6.09 Å². The lowest BCUT2D eigenvalue weighted by atomic mass is 10.1. The Morgan fingerprint density at radius 1 is 1.58 bits per heavy atom. The minimum atomic E-state index is -0.410. The fraction of sp³-hybridized carbons (Fsp3) is 0.667. The zero-order valence-corrected chi connectivity index (χ0v) is 7.89. The Morgan fingerprint density at radius 2 is 2.17 bits per heavy atom. The summed E-state index contributed by atoms with van der Waals surface area (Å²) in [6, 6.07) is 0. The van der Waals surface area contributed by atoms with Crippen LogP contribution in [0.5, 0.6) is 0 Å². The van der Waals surface area contributed by atoms with Crippen molar-refractivity contribution >= 4 is 6.09 Å². The number of carbonyl (C=O) groups is 1. The summed E-state index contributed by atoms with van der Waals surface area (Å²) >= 11 is 0. The molecule has 1 heterocycles. The van der Waals surface area contributed by atoms with Crippen LogP contribution in [0.25, 0.3) is 0 Å². The standard InChI is InChI=1S/C9H15NO2/c1-7-5-6-10(7)8(11)12-9(2,3)4/h1,5-6H2,2-4H3. The van der Waals surface area contributed by atoms with Crippen molar-refractivity contribution < 1.29 is 9.53 Å². The van der Waals surface area contributed by atoms with Crippen LogP contribution in [0.4, 0.5) is 4.79 Å². The van der Waals surface area contributed by atoms with Gasteiger partial charge in [0.05, 0.1) is 0 Å². The fourth-order valence-electron chi connectivity index (χ4n) is 0.919. The summed E-state index contributed by atoms with van der Waals surface area (Å²) in [5, 5.41) is 0. The van der Waals surface area contributed by atoms with Gasteiger partial charge in [0.1, 0.15) is 5.60 Å². The fourth-order valence-corrected chi connectivity index (χ4v) is 0.919. The van der Waals surface area contributed by atoms with Crippen molar-refractivity contribution in [2.75, 3.05) is 6.54 Å². The molecule has 1 saturated heterocycles. The van der Waals surface area contributed by atoms with Crippen LogP contribution in [0.15, 0.2) is 12.3 Å². The van der Waals surface area contributed by atoms with Gasteiger partial charge in [-0.15, -0.1) is 0 Å². The molecule has 68 valence electrons. The molecule has 1 rings (SSSR count). The van der Waals surface area contributed by atoms with Crippen LogP contribution >= 0.6 is 0 Å². The smallest absolute Gasteiger partial charge is 0.414 e. The van der Waals surface area contributed by atoms with Crippen LogP contribution in [0.2, 0.25) is 0 Å². The van der Waals surface area contributed by atoms with E-state index < -0.39 is 5.60 Å². The molecule has 0 spiro atoms. The topological polar surface area (TPSA) is 29.5 Å². The van der Waals surface area contributed by atoms with Gasteiger partial charge in [-0.25, -0.2) is 4.79 Å². The van der Waals surface area contributed by atoms with Crippen molar-refractivity contribution in [2.45, 2.75) is 32.8 Å². The zero-order chi connectivity index (χ0) is 9.35. The van der Waals surface area contributed by atoms with Crippen LogP contribution in [0.1, 0.15) is 27.2 Å². The molecule has 0 atom stereocenters. The number of nitrogens with zero attached hydrogens (tertiary/aromatic N) is 1. The summed E-state index contributed by atoms with van der Waals surface area (Å²) in [5.41, 5.74) is 0.441. The summed E-state index contributed by atoms with van der Waals surface area (Å²) in [6.45, 7) is 10.0. The van der Waals surface area contributed by atoms with Gasteiger partial charge < -0.3 is 4.74 Å². The van der Waals surface area contributed by atoms with E-state index in [2.05, 4.69) is 6.58 Å². The number of carbonyl (C=O) groups excluding carboxylic acids is 1. The maximum Gasteiger partial charge on any atom is 0.414 e. The number of ether oxygens (including phenoxy) is 1. The Balaban J connectivity index is 2.44. The number of rotatable bonds is 0. The highest BCUT2D eigenvalue weighted by atomic mass is 16.6. The first-order chi connectivity index (χ1) is 5.40. The molecule has 1 aliphatic rings. The molecule has 0 unspecified atom stereocenters. The van der Waals surface area contributed by atoms with Gasteiger partial charge in [-0.1, -0.05) is 6.58 Å². The van der Waals surface area contributed by atoms with Crippen LogP contribution < -0.4 is 0 Å². The Labute approximate surface area is 73.0 Å². The molecule has 1 fully saturated rings. The minimum absolute atomic E-state index is 0.279. The van der Waals surface area contributed by atoms with Crippen LogP contribution in [-0.4, -0.2) is 23.1 Å². The van der Waals surface area contributed by atoms with Crippen molar-refractivity contribution in [3.8, 4) is 0 Å². The monoisotopic (exact) mass is 169 g/mol. The van der Waals surface area contributed by atoms with Gasteiger partial charge in [0, 0.05) is 18.7 Å². The van der Waals surface area contributed by atoms with Gasteiger partial charge in [-0.05, 0) is 20.8 Å². The van der Waals surface area contributed by atoms with Crippen molar-refractivity contribution in [1.82, 2.24) is 4.90 Å². The van der Waals surface area contributed by atoms with Crippen molar-refractivity contribution in [2.24, 2.45) is 0 Å². The lowest BCUT2D eigenvalue weighted by Crippen LogP contribution is -2.42. The van der Waals surface area contributed by atoms with E-state index >= 15 is 0 Å². The van der Waals surface area contributed by atoms with E-state index in [1.165, 1.54) is 0 Å². The Hall–Kier alpha value is -0.990. The van der Waals surface area contributed by atoms with Crippen LogP contribution in [0, 0.1) is 0 Å². The quantitative estimate of drug-likeness (QED) is 0.556. The van der Waals surface area contributed by atoms with Crippen molar-refractivity contribution in [3.63, 3.8) is 0 Å². The molecule has 3 heteroatoms. The van der Waals surface area contributed by atoms with Crippen LogP contribution in [-0.2, 0) is 4.74 Å². The molecule has 1 aliphatic heterocycles. The largest absolute Gasteiger partial charge is 0.443 e. The SMILES string of the molecule is C=C1CCN1C(=O)OC(C)(C)C. The number of likely N-dealkylation sites (tertiary alicyclic amines) is 1. The third kappa shape index (κ3) is 2.00. The van der Waals surface area contributed by atoms with Crippen molar-refractivity contribution in [1.29, 1.82) is 0 Å². The molecular formula is C9H15NO2. The Kier molecular flexibility index (Phi) is 2.13. The first-order valence-electron chi connectivity index (χ1n) is 4.08. The van der Waals surface area contributed by atoms with Crippen LogP contribution in [0.3, 0.4) is 0 Å². The average molecular weight is 169 g/mol. The minimum Gasteiger partial charge on any atom is -0.443 e. The number of hydrogen-bond acceptors (Lipinski definition) is 2. The normalized spacial score (nSPS) is 17.2. The second-order valence-corrected chi connectivity index (χ2v) is 3.95. The molecule has 12 heavy (non-hydrogen) atoms. The first kappa shape index (κ1) is 9.10. The zero-order valence-electron chi connectivity index (χ0n) is 7.89. The Morgan fingerprint density at radius 3 is 2.42 bits per heavy atom. The molecule has 3 nitrogen and oxygen atoms in total. The lowest BCUT2D eigenvalue weighted by Gasteiger charge is -2.34. The average Bonchev–Trinajstić information content (AvgIpc) is 1.79. The molecule has 0 N–H and O–H groups in total. The highest BCUT2D eigenvalue weighted by Gasteiger charge is 2.28. The molecule has 0 radical (unpaired) electrons. The van der Waals surface area contributed by atoms with E-state index in [0.717, 1.165) is 18.7 Å². The predicted molar refractivity (Wildman–Crippen MR) is 46.7 cm³/mol. The lowest BCUT2D eigenvalue weighted by molar-refractivity contribution is 0.0238. The first-order valence-corrected chi connectivity index (χ1v) is 4.08. The third-order valence-corrected chi connectivity index (χ3v) is 1.62. The maximum absolute atomic E-state index is 11.3. The van der Waals surface area contributed by atoms with Gasteiger partial charge in [-0.2, -0.15) is 0 Å². The van der Waals surface area contributed by atoms with E-state index in [-0.39, 0.29) is 6.09 Å². The summed E-state index contributed by atoms with van der Waals surface area (Å²) < 4.78 is 5.14. The summed E-state index contributed by atoms with van der Waals surface area (Å²) in [4.78, 5) is 12.9. The molecule has 0 aromatic carbocycles. The molecule has 0 bridgehead atoms. The summed E-state index contributed by atoms with van der Waals surface area (Å²) in [7, 11) is 0.